The van der Waals surface area contributed by atoms with Gasteiger partial charge in [-0.25, -0.2) is 0 Å². The van der Waals surface area contributed by atoms with Gasteiger partial charge in [0.25, 0.3) is 0 Å². The number of hydrogen-bond donors (Lipinski definition) is 2. The molecule has 2 N–H and O–H groups in total. The number of aromatic nitrogens is 2. The number of hydrogen-bond acceptors (Lipinski definition) is 5. The molecule has 26 heavy (non-hydrogen) atoms. The first-order chi connectivity index (χ1) is 12.7. The quantitative estimate of drug-likeness (QED) is 0.434. The van der Waals surface area contributed by atoms with Gasteiger partial charge in [-0.2, -0.15) is 4.98 Å². The van der Waals surface area contributed by atoms with Gasteiger partial charge in [0, 0.05) is 23.7 Å². The highest BCUT2D eigenvalue weighted by Gasteiger charge is 2.14. The first-order valence-corrected chi connectivity index (χ1v) is 8.12. The number of rotatable bonds is 4. The van der Waals surface area contributed by atoms with Crippen molar-refractivity contribution in [3.8, 4) is 11.1 Å². The molecule has 0 saturated heterocycles. The molecule has 0 aliphatic carbocycles. The average Bonchev–Trinajstić information content (AvgIpc) is 3.22. The van der Waals surface area contributed by atoms with Crippen LogP contribution in [0.5, 0.6) is 0 Å². The fourth-order valence-corrected chi connectivity index (χ4v) is 3.02. The van der Waals surface area contributed by atoms with E-state index in [9.17, 15) is 0 Å². The zero-order valence-corrected chi connectivity index (χ0v) is 14.2. The molecule has 2 aromatic heterocycles. The summed E-state index contributed by atoms with van der Waals surface area (Å²) in [4.78, 5) is 6.38. The van der Waals surface area contributed by atoms with E-state index < -0.39 is 0 Å². The van der Waals surface area contributed by atoms with Gasteiger partial charge in [-0.05, 0) is 35.9 Å². The van der Waals surface area contributed by atoms with Crippen LogP contribution in [0.15, 0.2) is 71.5 Å². The molecule has 0 saturated carbocycles. The molecule has 0 spiro atoms. The van der Waals surface area contributed by atoms with Crippen LogP contribution in [-0.4, -0.2) is 22.9 Å². The van der Waals surface area contributed by atoms with Crippen LogP contribution in [0.4, 0.5) is 11.5 Å². The Bertz CT molecular complexity index is 1130. The zero-order chi connectivity index (χ0) is 18.1. The minimum absolute atomic E-state index is 0.00891. The lowest BCUT2D eigenvalue weighted by Gasteiger charge is -2.21. The van der Waals surface area contributed by atoms with Crippen molar-refractivity contribution in [3.63, 3.8) is 0 Å². The van der Waals surface area contributed by atoms with E-state index >= 15 is 0 Å². The Morgan fingerprint density at radius 1 is 1.08 bits per heavy atom. The van der Waals surface area contributed by atoms with Gasteiger partial charge < -0.3 is 9.32 Å². The Morgan fingerprint density at radius 3 is 2.58 bits per heavy atom. The maximum absolute atomic E-state index is 8.25. The van der Waals surface area contributed by atoms with Gasteiger partial charge in [0.15, 0.2) is 0 Å². The third-order valence-electron chi connectivity index (χ3n) is 4.38. The summed E-state index contributed by atoms with van der Waals surface area (Å²) in [7, 11) is 1.93. The molecule has 6 nitrogen and oxygen atoms in total. The van der Waals surface area contributed by atoms with E-state index in [-0.39, 0.29) is 5.62 Å². The molecule has 0 aliphatic rings. The minimum atomic E-state index is 0.00891. The highest BCUT2D eigenvalue weighted by molar-refractivity contribution is 5.96. The molecule has 128 valence electrons. The van der Waals surface area contributed by atoms with E-state index in [0.717, 1.165) is 34.1 Å². The van der Waals surface area contributed by atoms with E-state index in [1.54, 1.807) is 12.5 Å². The van der Waals surface area contributed by atoms with Gasteiger partial charge in [-0.3, -0.25) is 15.4 Å². The fraction of sp³-hybridized carbons (Fsp3) is 0.0500. The van der Waals surface area contributed by atoms with Crippen molar-refractivity contribution >= 4 is 28.7 Å². The maximum Gasteiger partial charge on any atom is 0.229 e. The Labute approximate surface area is 150 Å². The SMILES string of the molecule is CN(c1ccccc1)c1nc(=N)n(C=N)c2cc(-c3ccoc3)ccc12. The van der Waals surface area contributed by atoms with Crippen molar-refractivity contribution in [1.82, 2.24) is 9.55 Å². The molecule has 0 unspecified atom stereocenters. The summed E-state index contributed by atoms with van der Waals surface area (Å²) in [5.74, 6) is 0.674. The standard InChI is InChI=1S/C20H17N5O/c1-24(16-5-3-2-4-6-16)19-17-8-7-14(15-9-10-26-12-15)11-18(17)25(13-21)20(22)23-19/h2-13,21-22H,1H3. The van der Waals surface area contributed by atoms with Crippen LogP contribution in [0.2, 0.25) is 0 Å². The van der Waals surface area contributed by atoms with Crippen molar-refractivity contribution in [2.45, 2.75) is 0 Å². The second kappa shape index (κ2) is 6.33. The topological polar surface area (TPSA) is 81.9 Å². The molecular weight excluding hydrogens is 326 g/mol. The lowest BCUT2D eigenvalue weighted by atomic mass is 10.1. The van der Waals surface area contributed by atoms with Crippen LogP contribution >= 0.6 is 0 Å². The Balaban J connectivity index is 1.98. The van der Waals surface area contributed by atoms with Crippen molar-refractivity contribution in [3.05, 3.63) is 72.7 Å². The summed E-state index contributed by atoms with van der Waals surface area (Å²) in [6.45, 7) is 0. The number of para-hydroxylation sites is 1. The summed E-state index contributed by atoms with van der Waals surface area (Å²) in [5, 5.41) is 16.8. The van der Waals surface area contributed by atoms with Crippen LogP contribution in [0, 0.1) is 10.8 Å². The van der Waals surface area contributed by atoms with Crippen molar-refractivity contribution < 1.29 is 4.42 Å². The number of nitrogens with one attached hydrogen (secondary N) is 2. The van der Waals surface area contributed by atoms with Gasteiger partial charge in [0.2, 0.25) is 5.62 Å². The molecule has 0 aliphatic heterocycles. The van der Waals surface area contributed by atoms with E-state index in [2.05, 4.69) is 4.98 Å². The number of fused-ring (bicyclic) bond motifs is 1. The lowest BCUT2D eigenvalue weighted by Crippen LogP contribution is -2.26. The third-order valence-corrected chi connectivity index (χ3v) is 4.38. The van der Waals surface area contributed by atoms with Gasteiger partial charge >= 0.3 is 0 Å². The normalized spacial score (nSPS) is 10.8. The monoisotopic (exact) mass is 343 g/mol. The Morgan fingerprint density at radius 2 is 1.88 bits per heavy atom. The summed E-state index contributed by atoms with van der Waals surface area (Å²) in [6.07, 6.45) is 4.42. The van der Waals surface area contributed by atoms with E-state index in [1.807, 2.05) is 66.5 Å². The van der Waals surface area contributed by atoms with Crippen molar-refractivity contribution in [1.29, 1.82) is 10.8 Å². The molecule has 0 atom stereocenters. The van der Waals surface area contributed by atoms with E-state index in [1.165, 1.54) is 4.57 Å². The second-order valence-electron chi connectivity index (χ2n) is 5.90. The molecule has 2 aromatic carbocycles. The molecule has 0 amide bonds. The minimum Gasteiger partial charge on any atom is -0.472 e. The highest BCUT2D eigenvalue weighted by Crippen LogP contribution is 2.30. The Hall–Kier alpha value is -3.67. The van der Waals surface area contributed by atoms with Crippen LogP contribution < -0.4 is 10.5 Å². The lowest BCUT2D eigenvalue weighted by molar-refractivity contribution is 0.568. The molecule has 2 heterocycles. The largest absolute Gasteiger partial charge is 0.472 e. The maximum atomic E-state index is 8.25. The first kappa shape index (κ1) is 15.8. The predicted octanol–water partition coefficient (Wildman–Crippen LogP) is 4.00. The number of furan rings is 1. The van der Waals surface area contributed by atoms with Crippen LogP contribution in [0.1, 0.15) is 0 Å². The van der Waals surface area contributed by atoms with Crippen LogP contribution in [0.25, 0.3) is 22.0 Å². The molecule has 4 aromatic rings. The summed E-state index contributed by atoms with van der Waals surface area (Å²) in [5.41, 5.74) is 3.64. The van der Waals surface area contributed by atoms with E-state index in [4.69, 9.17) is 15.2 Å². The van der Waals surface area contributed by atoms with E-state index in [0.29, 0.717) is 5.82 Å². The molecule has 0 bridgehead atoms. The smallest absolute Gasteiger partial charge is 0.229 e. The molecular formula is C20H17N5O. The summed E-state index contributed by atoms with van der Waals surface area (Å²) in [6, 6.07) is 17.7. The number of anilines is 2. The van der Waals surface area contributed by atoms with Crippen LogP contribution in [-0.2, 0) is 0 Å². The molecule has 0 fully saturated rings. The fourth-order valence-electron chi connectivity index (χ4n) is 3.02. The van der Waals surface area contributed by atoms with Gasteiger partial charge in [0.1, 0.15) is 5.82 Å². The van der Waals surface area contributed by atoms with Gasteiger partial charge in [-0.1, -0.05) is 24.3 Å². The molecule has 0 radical (unpaired) electrons. The molecule has 6 heteroatoms. The number of nitrogens with zero attached hydrogens (tertiary/aromatic N) is 3. The van der Waals surface area contributed by atoms with Gasteiger partial charge in [0.05, 0.1) is 24.4 Å². The Kier molecular flexibility index (Phi) is 3.85. The molecule has 4 rings (SSSR count). The predicted molar refractivity (Wildman–Crippen MR) is 102 cm³/mol. The first-order valence-electron chi connectivity index (χ1n) is 8.12. The zero-order valence-electron chi connectivity index (χ0n) is 14.2. The van der Waals surface area contributed by atoms with Crippen molar-refractivity contribution in [2.75, 3.05) is 11.9 Å². The van der Waals surface area contributed by atoms with Crippen LogP contribution in [0.3, 0.4) is 0 Å². The van der Waals surface area contributed by atoms with Crippen molar-refractivity contribution in [2.24, 2.45) is 0 Å². The number of benzene rings is 2. The summed E-state index contributed by atoms with van der Waals surface area (Å²) < 4.78 is 6.63. The summed E-state index contributed by atoms with van der Waals surface area (Å²) >= 11 is 0. The second-order valence-corrected chi connectivity index (χ2v) is 5.90. The third kappa shape index (κ3) is 2.57. The highest BCUT2D eigenvalue weighted by atomic mass is 16.3. The van der Waals surface area contributed by atoms with Gasteiger partial charge in [-0.15, -0.1) is 0 Å². The average molecular weight is 343 g/mol.